The number of imidazole rings is 1. The monoisotopic (exact) mass is 298 g/mol. The first-order valence-electron chi connectivity index (χ1n) is 6.05. The number of amides is 1. The zero-order chi connectivity index (χ0) is 13.8. The molecule has 19 heavy (non-hydrogen) atoms. The fourth-order valence-electron chi connectivity index (χ4n) is 1.52. The van der Waals surface area contributed by atoms with Gasteiger partial charge in [-0.05, 0) is 19.4 Å². The van der Waals surface area contributed by atoms with Gasteiger partial charge >= 0.3 is 0 Å². The van der Waals surface area contributed by atoms with Crippen molar-refractivity contribution in [2.75, 3.05) is 6.54 Å². The fraction of sp³-hybridized carbons (Fsp3) is 0.417. The molecule has 2 aromatic rings. The number of pyridine rings is 1. The highest BCUT2D eigenvalue weighted by atomic mass is 35.5. The number of thioether (sulfide) groups is 1. The number of rotatable bonds is 5. The predicted octanol–water partition coefficient (Wildman–Crippen LogP) is 2.62. The van der Waals surface area contributed by atoms with Crippen molar-refractivity contribution < 1.29 is 4.79 Å². The summed E-state index contributed by atoms with van der Waals surface area (Å²) in [5.74, 6) is 0.0123. The Morgan fingerprint density at radius 1 is 1.63 bits per heavy atom. The summed E-state index contributed by atoms with van der Waals surface area (Å²) in [6.45, 7) is 4.57. The largest absolute Gasteiger partial charge is 0.355 e. The van der Waals surface area contributed by atoms with E-state index in [-0.39, 0.29) is 11.2 Å². The maximum Gasteiger partial charge on any atom is 0.233 e. The molecule has 1 atom stereocenters. The summed E-state index contributed by atoms with van der Waals surface area (Å²) in [4.78, 5) is 23.3. The number of fused-ring (bicyclic) bond motifs is 1. The molecule has 102 valence electrons. The van der Waals surface area contributed by atoms with Gasteiger partial charge in [-0.15, -0.1) is 0 Å². The number of carbonyl (C=O) groups is 1. The lowest BCUT2D eigenvalue weighted by molar-refractivity contribution is -0.120. The van der Waals surface area contributed by atoms with Crippen LogP contribution in [0, 0.1) is 0 Å². The van der Waals surface area contributed by atoms with Gasteiger partial charge in [0, 0.05) is 12.7 Å². The maximum atomic E-state index is 11.8. The second kappa shape index (κ2) is 6.25. The van der Waals surface area contributed by atoms with Crippen LogP contribution in [0.4, 0.5) is 0 Å². The Kier molecular flexibility index (Phi) is 4.66. The van der Waals surface area contributed by atoms with Gasteiger partial charge in [0.05, 0.1) is 15.8 Å². The minimum absolute atomic E-state index is 0.0123. The molecule has 2 aromatic heterocycles. The lowest BCUT2D eigenvalue weighted by Crippen LogP contribution is -2.31. The molecule has 0 aliphatic rings. The molecule has 0 spiro atoms. The van der Waals surface area contributed by atoms with Crippen molar-refractivity contribution >= 4 is 40.4 Å². The van der Waals surface area contributed by atoms with E-state index in [1.54, 1.807) is 12.3 Å². The standard InChI is InChI=1S/C12H15ClN4OS/c1-3-4-14-11(18)7(2)19-12-16-9-5-8(13)6-15-10(9)17-12/h5-7H,3-4H2,1-2H3,(H,14,18)(H,15,16,17)/t7-/m1/s1. The molecule has 1 amide bonds. The van der Waals surface area contributed by atoms with Crippen LogP contribution >= 0.6 is 23.4 Å². The summed E-state index contributed by atoms with van der Waals surface area (Å²) in [5, 5.41) is 3.88. The second-order valence-electron chi connectivity index (χ2n) is 4.12. The number of aromatic nitrogens is 3. The van der Waals surface area contributed by atoms with Crippen molar-refractivity contribution in [3.8, 4) is 0 Å². The van der Waals surface area contributed by atoms with E-state index in [4.69, 9.17) is 11.6 Å². The number of hydrogen-bond donors (Lipinski definition) is 2. The van der Waals surface area contributed by atoms with E-state index in [0.717, 1.165) is 11.9 Å². The van der Waals surface area contributed by atoms with E-state index < -0.39 is 0 Å². The van der Waals surface area contributed by atoms with Crippen LogP contribution in [0.5, 0.6) is 0 Å². The van der Waals surface area contributed by atoms with E-state index in [9.17, 15) is 4.79 Å². The number of carbonyl (C=O) groups excluding carboxylic acids is 1. The Bertz CT molecular complexity index is 586. The van der Waals surface area contributed by atoms with Gasteiger partial charge in [0.25, 0.3) is 0 Å². The molecule has 0 radical (unpaired) electrons. The third-order valence-electron chi connectivity index (χ3n) is 2.49. The minimum atomic E-state index is -0.206. The molecule has 7 heteroatoms. The van der Waals surface area contributed by atoms with Crippen molar-refractivity contribution in [2.24, 2.45) is 0 Å². The third kappa shape index (κ3) is 3.61. The van der Waals surface area contributed by atoms with Gasteiger partial charge in [-0.2, -0.15) is 0 Å². The van der Waals surface area contributed by atoms with Crippen LogP contribution in [-0.4, -0.2) is 32.7 Å². The molecule has 0 unspecified atom stereocenters. The molecule has 0 aliphatic carbocycles. The van der Waals surface area contributed by atoms with E-state index in [1.165, 1.54) is 11.8 Å². The topological polar surface area (TPSA) is 70.7 Å². The van der Waals surface area contributed by atoms with Gasteiger partial charge in [0.2, 0.25) is 5.91 Å². The number of H-pyrrole nitrogens is 1. The minimum Gasteiger partial charge on any atom is -0.355 e. The average Bonchev–Trinajstić information content (AvgIpc) is 2.77. The summed E-state index contributed by atoms with van der Waals surface area (Å²) in [5.41, 5.74) is 1.38. The second-order valence-corrected chi connectivity index (χ2v) is 5.88. The molecular weight excluding hydrogens is 284 g/mol. The Balaban J connectivity index is 2.06. The van der Waals surface area contributed by atoms with E-state index in [1.807, 2.05) is 13.8 Å². The first kappa shape index (κ1) is 14.1. The summed E-state index contributed by atoms with van der Waals surface area (Å²) >= 11 is 7.23. The first-order chi connectivity index (χ1) is 9.10. The molecule has 0 fully saturated rings. The molecule has 0 aromatic carbocycles. The smallest absolute Gasteiger partial charge is 0.233 e. The van der Waals surface area contributed by atoms with Gasteiger partial charge in [-0.25, -0.2) is 9.97 Å². The molecule has 5 nitrogen and oxygen atoms in total. The number of halogens is 1. The molecule has 0 saturated carbocycles. The van der Waals surface area contributed by atoms with Crippen LogP contribution in [0.2, 0.25) is 5.02 Å². The van der Waals surface area contributed by atoms with Crippen LogP contribution in [0.3, 0.4) is 0 Å². The van der Waals surface area contributed by atoms with Crippen molar-refractivity contribution in [1.82, 2.24) is 20.3 Å². The quantitative estimate of drug-likeness (QED) is 0.833. The van der Waals surface area contributed by atoms with E-state index >= 15 is 0 Å². The Morgan fingerprint density at radius 3 is 3.16 bits per heavy atom. The SMILES string of the molecule is CCCNC(=O)[C@@H](C)Sc1nc2ncc(Cl)cc2[nH]1. The summed E-state index contributed by atoms with van der Waals surface area (Å²) in [6, 6.07) is 1.77. The maximum absolute atomic E-state index is 11.8. The highest BCUT2D eigenvalue weighted by Gasteiger charge is 2.16. The number of aromatic amines is 1. The average molecular weight is 299 g/mol. The zero-order valence-electron chi connectivity index (χ0n) is 10.7. The Labute approximate surface area is 120 Å². The highest BCUT2D eigenvalue weighted by Crippen LogP contribution is 2.23. The summed E-state index contributed by atoms with van der Waals surface area (Å²) in [7, 11) is 0. The normalized spacial score (nSPS) is 12.6. The Hall–Kier alpha value is -1.27. The van der Waals surface area contributed by atoms with Crippen LogP contribution in [0.15, 0.2) is 17.4 Å². The zero-order valence-corrected chi connectivity index (χ0v) is 12.3. The summed E-state index contributed by atoms with van der Waals surface area (Å²) < 4.78 is 0. The van der Waals surface area contributed by atoms with E-state index in [0.29, 0.717) is 22.4 Å². The van der Waals surface area contributed by atoms with Crippen LogP contribution < -0.4 is 5.32 Å². The fourth-order valence-corrected chi connectivity index (χ4v) is 2.51. The van der Waals surface area contributed by atoms with Gasteiger partial charge in [0.15, 0.2) is 10.8 Å². The van der Waals surface area contributed by atoms with Crippen molar-refractivity contribution in [1.29, 1.82) is 0 Å². The number of hydrogen-bond acceptors (Lipinski definition) is 4. The summed E-state index contributed by atoms with van der Waals surface area (Å²) in [6.07, 6.45) is 2.48. The number of nitrogens with one attached hydrogen (secondary N) is 2. The Morgan fingerprint density at radius 2 is 2.42 bits per heavy atom. The number of nitrogens with zero attached hydrogens (tertiary/aromatic N) is 2. The van der Waals surface area contributed by atoms with Crippen LogP contribution in [0.25, 0.3) is 11.2 Å². The lowest BCUT2D eigenvalue weighted by Gasteiger charge is -2.09. The van der Waals surface area contributed by atoms with Crippen molar-refractivity contribution in [2.45, 2.75) is 30.7 Å². The molecule has 2 N–H and O–H groups in total. The van der Waals surface area contributed by atoms with Crippen LogP contribution in [-0.2, 0) is 4.79 Å². The molecular formula is C12H15ClN4OS. The molecule has 2 rings (SSSR count). The molecule has 0 aliphatic heterocycles. The van der Waals surface area contributed by atoms with E-state index in [2.05, 4.69) is 20.3 Å². The first-order valence-corrected chi connectivity index (χ1v) is 7.31. The molecule has 0 bridgehead atoms. The molecule has 0 saturated heterocycles. The van der Waals surface area contributed by atoms with Crippen molar-refractivity contribution in [3.05, 3.63) is 17.3 Å². The van der Waals surface area contributed by atoms with Gasteiger partial charge in [0.1, 0.15) is 0 Å². The van der Waals surface area contributed by atoms with Gasteiger partial charge in [-0.1, -0.05) is 30.3 Å². The van der Waals surface area contributed by atoms with Crippen molar-refractivity contribution in [3.63, 3.8) is 0 Å². The van der Waals surface area contributed by atoms with Gasteiger partial charge in [-0.3, -0.25) is 4.79 Å². The highest BCUT2D eigenvalue weighted by molar-refractivity contribution is 8.00. The van der Waals surface area contributed by atoms with Gasteiger partial charge < -0.3 is 10.3 Å². The molecule has 2 heterocycles. The predicted molar refractivity (Wildman–Crippen MR) is 77.5 cm³/mol. The van der Waals surface area contributed by atoms with Crippen LogP contribution in [0.1, 0.15) is 20.3 Å². The lowest BCUT2D eigenvalue weighted by atomic mass is 10.4. The third-order valence-corrected chi connectivity index (χ3v) is 3.68.